The summed E-state index contributed by atoms with van der Waals surface area (Å²) >= 11 is 20.8. The molecule has 0 aromatic heterocycles. The van der Waals surface area contributed by atoms with Gasteiger partial charge >= 0.3 is 0 Å². The molecular weight excluding hydrogens is 640 g/mol. The third kappa shape index (κ3) is 4.07. The molecule has 0 atom stereocenters. The van der Waals surface area contributed by atoms with E-state index in [1.54, 1.807) is 0 Å². The maximum Gasteiger partial charge on any atom is 0.155 e. The minimum atomic E-state index is 0.715. The minimum absolute atomic E-state index is 0.715. The largest absolute Gasteiger partial charge is 0.453 e. The Labute approximate surface area is 161 Å². The molecular formula is C12H4Br6O. The third-order valence-corrected chi connectivity index (χ3v) is 5.40. The molecule has 0 N–H and O–H groups in total. The van der Waals surface area contributed by atoms with Gasteiger partial charge < -0.3 is 4.74 Å². The number of hydrogen-bond donors (Lipinski definition) is 0. The van der Waals surface area contributed by atoms with E-state index in [1.807, 2.05) is 24.3 Å². The van der Waals surface area contributed by atoms with E-state index in [2.05, 4.69) is 95.6 Å². The van der Waals surface area contributed by atoms with E-state index in [0.717, 1.165) is 26.8 Å². The molecule has 0 bridgehead atoms. The molecule has 0 aliphatic carbocycles. The standard InChI is InChI=1S/C12H4Br6O/c13-5-1-7(15)11(8(16)2-5)19-12-9(17)3-6(14)4-10(12)18/h1-4H. The van der Waals surface area contributed by atoms with Crippen LogP contribution < -0.4 is 4.74 Å². The molecule has 2 aromatic rings. The molecule has 2 rings (SSSR count). The summed E-state index contributed by atoms with van der Waals surface area (Å²) in [7, 11) is 0. The van der Waals surface area contributed by atoms with E-state index in [0.29, 0.717) is 11.5 Å². The first-order valence-electron chi connectivity index (χ1n) is 4.85. The van der Waals surface area contributed by atoms with Gasteiger partial charge in [-0.25, -0.2) is 0 Å². The SMILES string of the molecule is Brc1cc(Br)c(Oc2c(Br)cc(Br)cc2Br)c(Br)c1. The summed E-state index contributed by atoms with van der Waals surface area (Å²) in [6, 6.07) is 7.73. The normalized spacial score (nSPS) is 10.6. The predicted molar refractivity (Wildman–Crippen MR) is 99.2 cm³/mol. The molecule has 0 aliphatic rings. The van der Waals surface area contributed by atoms with Crippen molar-refractivity contribution in [2.24, 2.45) is 0 Å². The lowest BCUT2D eigenvalue weighted by Gasteiger charge is -2.13. The highest BCUT2D eigenvalue weighted by molar-refractivity contribution is 9.12. The monoisotopic (exact) mass is 638 g/mol. The molecule has 0 spiro atoms. The van der Waals surface area contributed by atoms with E-state index in [1.165, 1.54) is 0 Å². The number of benzene rings is 2. The van der Waals surface area contributed by atoms with Crippen molar-refractivity contribution in [1.82, 2.24) is 0 Å². The molecule has 2 aromatic carbocycles. The van der Waals surface area contributed by atoms with Crippen molar-refractivity contribution in [1.29, 1.82) is 0 Å². The van der Waals surface area contributed by atoms with Gasteiger partial charge in [-0.2, -0.15) is 0 Å². The van der Waals surface area contributed by atoms with Gasteiger partial charge in [-0.05, 0) is 88.0 Å². The Morgan fingerprint density at radius 3 is 1.05 bits per heavy atom. The topological polar surface area (TPSA) is 9.23 Å². The van der Waals surface area contributed by atoms with Crippen LogP contribution in [0.4, 0.5) is 0 Å². The smallest absolute Gasteiger partial charge is 0.155 e. The van der Waals surface area contributed by atoms with Crippen LogP contribution in [0.15, 0.2) is 51.1 Å². The Hall–Kier alpha value is 1.12. The van der Waals surface area contributed by atoms with Gasteiger partial charge in [0, 0.05) is 8.95 Å². The Bertz CT molecular complexity index is 539. The highest BCUT2D eigenvalue weighted by Gasteiger charge is 2.14. The lowest BCUT2D eigenvalue weighted by atomic mass is 10.3. The molecule has 0 amide bonds. The van der Waals surface area contributed by atoms with Crippen LogP contribution in [0.2, 0.25) is 0 Å². The molecule has 7 heteroatoms. The van der Waals surface area contributed by atoms with Crippen molar-refractivity contribution in [3.05, 3.63) is 51.1 Å². The van der Waals surface area contributed by atoms with Crippen LogP contribution in [-0.4, -0.2) is 0 Å². The summed E-state index contributed by atoms with van der Waals surface area (Å²) in [5.41, 5.74) is 0. The second-order valence-corrected chi connectivity index (χ2v) is 8.75. The number of hydrogen-bond acceptors (Lipinski definition) is 1. The Balaban J connectivity index is 2.48. The molecule has 0 unspecified atom stereocenters. The van der Waals surface area contributed by atoms with Crippen molar-refractivity contribution in [3.8, 4) is 11.5 Å². The van der Waals surface area contributed by atoms with Gasteiger partial charge in [0.2, 0.25) is 0 Å². The first-order valence-corrected chi connectivity index (χ1v) is 9.61. The van der Waals surface area contributed by atoms with Crippen molar-refractivity contribution in [2.75, 3.05) is 0 Å². The number of ether oxygens (including phenoxy) is 1. The van der Waals surface area contributed by atoms with E-state index >= 15 is 0 Å². The number of halogens is 6. The molecule has 0 saturated heterocycles. The van der Waals surface area contributed by atoms with Gasteiger partial charge in [0.1, 0.15) is 0 Å². The summed E-state index contributed by atoms with van der Waals surface area (Å²) in [6.45, 7) is 0. The fourth-order valence-electron chi connectivity index (χ4n) is 1.35. The van der Waals surface area contributed by atoms with Crippen LogP contribution in [0, 0.1) is 0 Å². The second-order valence-electron chi connectivity index (χ2n) is 3.50. The van der Waals surface area contributed by atoms with Gasteiger partial charge in [0.25, 0.3) is 0 Å². The molecule has 0 aliphatic heterocycles. The van der Waals surface area contributed by atoms with Crippen LogP contribution in [-0.2, 0) is 0 Å². The van der Waals surface area contributed by atoms with Crippen LogP contribution >= 0.6 is 95.6 Å². The Morgan fingerprint density at radius 1 is 0.526 bits per heavy atom. The molecule has 0 saturated carbocycles. The lowest BCUT2D eigenvalue weighted by Crippen LogP contribution is -1.90. The summed E-state index contributed by atoms with van der Waals surface area (Å²) in [4.78, 5) is 0. The maximum atomic E-state index is 5.98. The Kier molecular flexibility index (Phi) is 6.01. The van der Waals surface area contributed by atoms with Gasteiger partial charge in [0.05, 0.1) is 17.9 Å². The zero-order valence-electron chi connectivity index (χ0n) is 8.99. The average Bonchev–Trinajstić information content (AvgIpc) is 2.25. The van der Waals surface area contributed by atoms with Gasteiger partial charge in [-0.3, -0.25) is 0 Å². The van der Waals surface area contributed by atoms with E-state index in [-0.39, 0.29) is 0 Å². The fourth-order valence-corrected chi connectivity index (χ4v) is 6.20. The van der Waals surface area contributed by atoms with E-state index < -0.39 is 0 Å². The summed E-state index contributed by atoms with van der Waals surface area (Å²) in [5, 5.41) is 0. The third-order valence-electron chi connectivity index (χ3n) is 2.13. The Morgan fingerprint density at radius 2 is 0.789 bits per heavy atom. The maximum absolute atomic E-state index is 5.98. The first kappa shape index (κ1) is 16.5. The van der Waals surface area contributed by atoms with Crippen LogP contribution in [0.25, 0.3) is 0 Å². The molecule has 0 radical (unpaired) electrons. The zero-order valence-corrected chi connectivity index (χ0v) is 18.5. The van der Waals surface area contributed by atoms with Crippen molar-refractivity contribution >= 4 is 95.6 Å². The van der Waals surface area contributed by atoms with Gasteiger partial charge in [0.15, 0.2) is 11.5 Å². The van der Waals surface area contributed by atoms with Crippen LogP contribution in [0.3, 0.4) is 0 Å². The van der Waals surface area contributed by atoms with E-state index in [9.17, 15) is 0 Å². The van der Waals surface area contributed by atoms with Gasteiger partial charge in [-0.1, -0.05) is 31.9 Å². The van der Waals surface area contributed by atoms with Crippen molar-refractivity contribution < 1.29 is 4.74 Å². The molecule has 0 heterocycles. The molecule has 1 nitrogen and oxygen atoms in total. The minimum Gasteiger partial charge on any atom is -0.453 e. The predicted octanol–water partition coefficient (Wildman–Crippen LogP) is 8.05. The summed E-state index contributed by atoms with van der Waals surface area (Å²) < 4.78 is 11.3. The average molecular weight is 644 g/mol. The highest BCUT2D eigenvalue weighted by atomic mass is 79.9. The molecule has 19 heavy (non-hydrogen) atoms. The lowest BCUT2D eigenvalue weighted by molar-refractivity contribution is 0.470. The number of rotatable bonds is 2. The zero-order chi connectivity index (χ0) is 14.2. The summed E-state index contributed by atoms with van der Waals surface area (Å²) in [6.07, 6.45) is 0. The first-order chi connectivity index (χ1) is 8.88. The fraction of sp³-hybridized carbons (Fsp3) is 0. The van der Waals surface area contributed by atoms with Crippen molar-refractivity contribution in [2.45, 2.75) is 0 Å². The van der Waals surface area contributed by atoms with Crippen LogP contribution in [0.5, 0.6) is 11.5 Å². The van der Waals surface area contributed by atoms with Crippen LogP contribution in [0.1, 0.15) is 0 Å². The van der Waals surface area contributed by atoms with Gasteiger partial charge in [-0.15, -0.1) is 0 Å². The van der Waals surface area contributed by atoms with E-state index in [4.69, 9.17) is 4.74 Å². The molecule has 0 fully saturated rings. The molecule has 100 valence electrons. The summed E-state index contributed by atoms with van der Waals surface area (Å²) in [5.74, 6) is 1.43. The van der Waals surface area contributed by atoms with Crippen molar-refractivity contribution in [3.63, 3.8) is 0 Å². The quantitative estimate of drug-likeness (QED) is 0.322. The second kappa shape index (κ2) is 6.92. The highest BCUT2D eigenvalue weighted by Crippen LogP contribution is 2.44.